The second-order valence-electron chi connectivity index (χ2n) is 9.48. The standard InChI is InChI=1S/C29H48FNO3/c1-4-5-6-7-8-9-10-11-12-13-14-15-16-17-18-19-20-33-24-26(23-32)34-29-21-25(2)28(31-3)22-27(29)30/h21-22,26,32H,4-20,23-24H2,1-2H3/t26-/m0/s1. The van der Waals surface area contributed by atoms with Gasteiger partial charge < -0.3 is 14.6 Å². The van der Waals surface area contributed by atoms with Gasteiger partial charge in [-0.3, -0.25) is 0 Å². The van der Waals surface area contributed by atoms with Crippen LogP contribution in [0, 0.1) is 19.3 Å². The molecule has 1 N–H and O–H groups in total. The lowest BCUT2D eigenvalue weighted by Gasteiger charge is -2.18. The van der Waals surface area contributed by atoms with E-state index in [0.717, 1.165) is 12.8 Å². The Balaban J connectivity index is 1.95. The normalized spacial score (nSPS) is 12.0. The van der Waals surface area contributed by atoms with Crippen molar-refractivity contribution in [3.8, 4) is 5.75 Å². The summed E-state index contributed by atoms with van der Waals surface area (Å²) in [6.45, 7) is 11.6. The van der Waals surface area contributed by atoms with Crippen molar-refractivity contribution in [3.05, 3.63) is 34.9 Å². The first-order chi connectivity index (χ1) is 16.6. The van der Waals surface area contributed by atoms with Gasteiger partial charge in [0.25, 0.3) is 0 Å². The largest absolute Gasteiger partial charge is 0.483 e. The van der Waals surface area contributed by atoms with Crippen LogP contribution in [0.4, 0.5) is 10.1 Å². The first kappa shape index (κ1) is 30.4. The molecule has 1 aromatic rings. The zero-order valence-electron chi connectivity index (χ0n) is 21.8. The molecule has 0 heterocycles. The highest BCUT2D eigenvalue weighted by atomic mass is 19.1. The van der Waals surface area contributed by atoms with Crippen molar-refractivity contribution in [1.29, 1.82) is 0 Å². The van der Waals surface area contributed by atoms with Crippen LogP contribution in [-0.4, -0.2) is 31.0 Å². The van der Waals surface area contributed by atoms with Gasteiger partial charge in [0.2, 0.25) is 0 Å². The third kappa shape index (κ3) is 14.6. The number of benzene rings is 1. The Kier molecular flexibility index (Phi) is 18.5. The summed E-state index contributed by atoms with van der Waals surface area (Å²) in [5, 5.41) is 9.52. The number of aliphatic hydroxyl groups is 1. The average Bonchev–Trinajstić information content (AvgIpc) is 2.84. The van der Waals surface area contributed by atoms with Crippen LogP contribution in [0.25, 0.3) is 4.85 Å². The monoisotopic (exact) mass is 477 g/mol. The second-order valence-corrected chi connectivity index (χ2v) is 9.48. The minimum absolute atomic E-state index is 0.0509. The molecule has 0 spiro atoms. The molecule has 0 radical (unpaired) electrons. The molecule has 34 heavy (non-hydrogen) atoms. The van der Waals surface area contributed by atoms with Crippen molar-refractivity contribution in [2.24, 2.45) is 0 Å². The lowest BCUT2D eigenvalue weighted by Crippen LogP contribution is -2.27. The van der Waals surface area contributed by atoms with Crippen molar-refractivity contribution >= 4 is 5.69 Å². The summed E-state index contributed by atoms with van der Waals surface area (Å²) in [7, 11) is 0. The third-order valence-corrected chi connectivity index (χ3v) is 6.31. The highest BCUT2D eigenvalue weighted by Crippen LogP contribution is 2.28. The van der Waals surface area contributed by atoms with Gasteiger partial charge in [-0.1, -0.05) is 103 Å². The van der Waals surface area contributed by atoms with E-state index in [-0.39, 0.29) is 24.7 Å². The van der Waals surface area contributed by atoms with Crippen LogP contribution in [-0.2, 0) is 4.74 Å². The molecule has 0 saturated heterocycles. The smallest absolute Gasteiger partial charge is 0.193 e. The van der Waals surface area contributed by atoms with Crippen LogP contribution in [0.1, 0.15) is 115 Å². The van der Waals surface area contributed by atoms with E-state index in [4.69, 9.17) is 16.0 Å². The molecular formula is C29H48FNO3. The summed E-state index contributed by atoms with van der Waals surface area (Å²) in [6.07, 6.45) is 20.7. The van der Waals surface area contributed by atoms with Crippen molar-refractivity contribution in [3.63, 3.8) is 0 Å². The van der Waals surface area contributed by atoms with Gasteiger partial charge >= 0.3 is 0 Å². The van der Waals surface area contributed by atoms with Crippen LogP contribution >= 0.6 is 0 Å². The zero-order valence-corrected chi connectivity index (χ0v) is 21.8. The van der Waals surface area contributed by atoms with E-state index < -0.39 is 11.9 Å². The number of halogens is 1. The Morgan fingerprint density at radius 3 is 1.82 bits per heavy atom. The molecule has 194 valence electrons. The summed E-state index contributed by atoms with van der Waals surface area (Å²) < 4.78 is 25.3. The topological polar surface area (TPSA) is 43.0 Å². The van der Waals surface area contributed by atoms with Crippen LogP contribution in [0.5, 0.6) is 5.75 Å². The molecule has 5 heteroatoms. The molecule has 0 amide bonds. The third-order valence-electron chi connectivity index (χ3n) is 6.31. The first-order valence-corrected chi connectivity index (χ1v) is 13.6. The highest BCUT2D eigenvalue weighted by molar-refractivity contribution is 5.55. The Morgan fingerprint density at radius 2 is 1.35 bits per heavy atom. The molecule has 0 fully saturated rings. The van der Waals surface area contributed by atoms with Crippen molar-refractivity contribution in [2.45, 2.75) is 123 Å². The SMILES string of the molecule is [C-]#[N+]c1cc(F)c(O[C@@H](CO)COCCCCCCCCCCCCCCCCCC)cc1C. The number of aryl methyl sites for hydroxylation is 1. The van der Waals surface area contributed by atoms with Gasteiger partial charge in [0, 0.05) is 6.61 Å². The number of aliphatic hydroxyl groups excluding tert-OH is 1. The molecule has 0 saturated carbocycles. The lowest BCUT2D eigenvalue weighted by atomic mass is 10.0. The minimum Gasteiger partial charge on any atom is -0.483 e. The van der Waals surface area contributed by atoms with E-state index in [0.29, 0.717) is 12.2 Å². The fourth-order valence-electron chi connectivity index (χ4n) is 4.13. The Bertz CT molecular complexity index is 674. The zero-order chi connectivity index (χ0) is 24.9. The fourth-order valence-corrected chi connectivity index (χ4v) is 4.13. The summed E-state index contributed by atoms with van der Waals surface area (Å²) in [5.74, 6) is -0.539. The van der Waals surface area contributed by atoms with Gasteiger partial charge in [0.05, 0.1) is 19.8 Å². The molecular weight excluding hydrogens is 429 g/mol. The van der Waals surface area contributed by atoms with E-state index in [1.165, 1.54) is 102 Å². The molecule has 0 aliphatic rings. The van der Waals surface area contributed by atoms with E-state index in [1.54, 1.807) is 6.92 Å². The Labute approximate surface area is 208 Å². The van der Waals surface area contributed by atoms with Crippen LogP contribution in [0.3, 0.4) is 0 Å². The average molecular weight is 478 g/mol. The second kappa shape index (κ2) is 20.7. The molecule has 0 unspecified atom stereocenters. The van der Waals surface area contributed by atoms with E-state index in [1.807, 2.05) is 0 Å². The van der Waals surface area contributed by atoms with Gasteiger partial charge in [-0.05, 0) is 31.0 Å². The van der Waals surface area contributed by atoms with Gasteiger partial charge in [-0.2, -0.15) is 0 Å². The number of unbranched alkanes of at least 4 members (excludes halogenated alkanes) is 15. The van der Waals surface area contributed by atoms with Gasteiger partial charge in [-0.25, -0.2) is 9.24 Å². The summed E-state index contributed by atoms with van der Waals surface area (Å²) in [5.41, 5.74) is 0.919. The summed E-state index contributed by atoms with van der Waals surface area (Å²) >= 11 is 0. The molecule has 0 bridgehead atoms. The van der Waals surface area contributed by atoms with E-state index >= 15 is 0 Å². The maximum absolute atomic E-state index is 14.1. The highest BCUT2D eigenvalue weighted by Gasteiger charge is 2.14. The number of hydrogen-bond acceptors (Lipinski definition) is 3. The quantitative estimate of drug-likeness (QED) is 0.134. The van der Waals surface area contributed by atoms with Crippen LogP contribution in [0.15, 0.2) is 12.1 Å². The molecule has 0 aliphatic heterocycles. The molecule has 1 aromatic carbocycles. The van der Waals surface area contributed by atoms with Crippen LogP contribution < -0.4 is 4.74 Å². The number of ether oxygens (including phenoxy) is 2. The fraction of sp³-hybridized carbons (Fsp3) is 0.759. The van der Waals surface area contributed by atoms with Crippen molar-refractivity contribution in [1.82, 2.24) is 0 Å². The minimum atomic E-state index is -0.617. The predicted molar refractivity (Wildman–Crippen MR) is 139 cm³/mol. The number of hydrogen-bond donors (Lipinski definition) is 1. The lowest BCUT2D eigenvalue weighted by molar-refractivity contribution is 0.0171. The van der Waals surface area contributed by atoms with Gasteiger partial charge in [0.1, 0.15) is 6.10 Å². The predicted octanol–water partition coefficient (Wildman–Crippen LogP) is 8.70. The number of nitrogens with zero attached hydrogens (tertiary/aromatic N) is 1. The van der Waals surface area contributed by atoms with Crippen molar-refractivity contribution < 1.29 is 19.0 Å². The molecule has 1 rings (SSSR count). The van der Waals surface area contributed by atoms with Gasteiger partial charge in [-0.15, -0.1) is 0 Å². The van der Waals surface area contributed by atoms with E-state index in [9.17, 15) is 9.50 Å². The molecule has 4 nitrogen and oxygen atoms in total. The summed E-state index contributed by atoms with van der Waals surface area (Å²) in [4.78, 5) is 3.28. The van der Waals surface area contributed by atoms with Crippen molar-refractivity contribution in [2.75, 3.05) is 19.8 Å². The van der Waals surface area contributed by atoms with Gasteiger partial charge in [0.15, 0.2) is 17.3 Å². The van der Waals surface area contributed by atoms with E-state index in [2.05, 4.69) is 11.8 Å². The summed E-state index contributed by atoms with van der Waals surface area (Å²) in [6, 6.07) is 2.67. The first-order valence-electron chi connectivity index (χ1n) is 13.6. The Morgan fingerprint density at radius 1 is 0.853 bits per heavy atom. The number of rotatable bonds is 22. The molecule has 1 atom stereocenters. The maximum Gasteiger partial charge on any atom is 0.193 e. The maximum atomic E-state index is 14.1. The molecule has 0 aromatic heterocycles. The molecule has 0 aliphatic carbocycles. The van der Waals surface area contributed by atoms with Crippen LogP contribution in [0.2, 0.25) is 0 Å². The Hall–Kier alpha value is -1.64.